The number of hydrogen-bond donors (Lipinski definition) is 0. The minimum atomic E-state index is -0.415. The van der Waals surface area contributed by atoms with Crippen LogP contribution < -0.4 is 0 Å². The minimum absolute atomic E-state index is 0.0314. The fourth-order valence-electron chi connectivity index (χ4n) is 1.40. The van der Waals surface area contributed by atoms with E-state index in [1.807, 2.05) is 26.2 Å². The third kappa shape index (κ3) is 3.32. The predicted octanol–water partition coefficient (Wildman–Crippen LogP) is 2.84. The molecule has 0 saturated heterocycles. The van der Waals surface area contributed by atoms with E-state index in [1.54, 1.807) is 0 Å². The zero-order valence-corrected chi connectivity index (χ0v) is 13.2. The smallest absolute Gasteiger partial charge is 0.325 e. The molecule has 0 atom stereocenters. The van der Waals surface area contributed by atoms with Gasteiger partial charge in [-0.05, 0) is 47.6 Å². The van der Waals surface area contributed by atoms with Crippen molar-refractivity contribution in [3.05, 3.63) is 20.3 Å². The molecule has 0 radical (unpaired) electrons. The number of thiophene rings is 1. The van der Waals surface area contributed by atoms with Gasteiger partial charge in [-0.1, -0.05) is 0 Å². The molecular formula is C12H16BrNO3S. The summed E-state index contributed by atoms with van der Waals surface area (Å²) in [6.45, 7) is 5.64. The van der Waals surface area contributed by atoms with Crippen LogP contribution in [-0.4, -0.2) is 36.5 Å². The lowest BCUT2D eigenvalue weighted by atomic mass is 10.2. The van der Waals surface area contributed by atoms with Gasteiger partial charge in [-0.15, -0.1) is 11.3 Å². The Labute approximate surface area is 119 Å². The van der Waals surface area contributed by atoms with Gasteiger partial charge in [0, 0.05) is 10.5 Å². The number of rotatable bonds is 4. The lowest BCUT2D eigenvalue weighted by molar-refractivity contribution is -0.141. The second-order valence-corrected chi connectivity index (χ2v) is 5.84. The van der Waals surface area contributed by atoms with Crippen molar-refractivity contribution in [1.29, 1.82) is 0 Å². The molecule has 0 aliphatic carbocycles. The Morgan fingerprint density at radius 1 is 1.50 bits per heavy atom. The Kier molecular flexibility index (Phi) is 5.34. The van der Waals surface area contributed by atoms with Gasteiger partial charge in [0.05, 0.1) is 7.11 Å². The first kappa shape index (κ1) is 15.2. The van der Waals surface area contributed by atoms with E-state index in [9.17, 15) is 9.59 Å². The monoisotopic (exact) mass is 333 g/mol. The van der Waals surface area contributed by atoms with E-state index in [-0.39, 0.29) is 18.5 Å². The largest absolute Gasteiger partial charge is 0.468 e. The molecule has 0 N–H and O–H groups in total. The fourth-order valence-corrected chi connectivity index (χ4v) is 3.01. The Morgan fingerprint density at radius 3 is 2.50 bits per heavy atom. The van der Waals surface area contributed by atoms with Crippen molar-refractivity contribution < 1.29 is 14.3 Å². The molecule has 100 valence electrons. The third-order valence-electron chi connectivity index (χ3n) is 2.50. The number of methoxy groups -OCH3 is 1. The van der Waals surface area contributed by atoms with E-state index in [1.165, 1.54) is 23.3 Å². The summed E-state index contributed by atoms with van der Waals surface area (Å²) < 4.78 is 5.41. The van der Waals surface area contributed by atoms with E-state index >= 15 is 0 Å². The van der Waals surface area contributed by atoms with Crippen LogP contribution in [-0.2, 0) is 9.53 Å². The van der Waals surface area contributed by atoms with Crippen molar-refractivity contribution in [2.24, 2.45) is 0 Å². The first-order valence-corrected chi connectivity index (χ1v) is 7.17. The molecule has 1 aromatic rings. The molecular weight excluding hydrogens is 318 g/mol. The maximum Gasteiger partial charge on any atom is 0.325 e. The summed E-state index contributed by atoms with van der Waals surface area (Å²) >= 11 is 4.77. The minimum Gasteiger partial charge on any atom is -0.468 e. The van der Waals surface area contributed by atoms with Crippen molar-refractivity contribution in [2.75, 3.05) is 13.7 Å². The normalized spacial score (nSPS) is 10.6. The Bertz CT molecular complexity index is 456. The molecule has 1 aromatic heterocycles. The molecule has 18 heavy (non-hydrogen) atoms. The number of hydrogen-bond acceptors (Lipinski definition) is 4. The van der Waals surface area contributed by atoms with Crippen LogP contribution in [0.2, 0.25) is 0 Å². The predicted molar refractivity (Wildman–Crippen MR) is 74.9 cm³/mol. The Balaban J connectivity index is 2.96. The highest BCUT2D eigenvalue weighted by Crippen LogP contribution is 2.29. The van der Waals surface area contributed by atoms with Crippen LogP contribution in [0.5, 0.6) is 0 Å². The van der Waals surface area contributed by atoms with Crippen molar-refractivity contribution in [1.82, 2.24) is 4.90 Å². The number of ether oxygens (including phenoxy) is 1. The van der Waals surface area contributed by atoms with E-state index in [0.29, 0.717) is 4.88 Å². The molecule has 6 heteroatoms. The summed E-state index contributed by atoms with van der Waals surface area (Å²) in [6.07, 6.45) is 0. The first-order valence-electron chi connectivity index (χ1n) is 5.49. The lowest BCUT2D eigenvalue weighted by Gasteiger charge is -2.25. The SMILES string of the molecule is COC(=O)CN(C(=O)c1scc(C)c1Br)C(C)C. The van der Waals surface area contributed by atoms with Crippen LogP contribution in [0.3, 0.4) is 0 Å². The summed E-state index contributed by atoms with van der Waals surface area (Å²) in [5.41, 5.74) is 1.02. The number of halogens is 1. The Hall–Kier alpha value is -0.880. The molecule has 0 saturated carbocycles. The number of aryl methyl sites for hydroxylation is 1. The van der Waals surface area contributed by atoms with Gasteiger partial charge in [-0.2, -0.15) is 0 Å². The third-order valence-corrected chi connectivity index (χ3v) is 4.87. The first-order chi connectivity index (χ1) is 8.38. The van der Waals surface area contributed by atoms with Crippen LogP contribution in [0.25, 0.3) is 0 Å². The molecule has 1 amide bonds. The van der Waals surface area contributed by atoms with Crippen LogP contribution >= 0.6 is 27.3 Å². The van der Waals surface area contributed by atoms with Gasteiger partial charge in [-0.25, -0.2) is 0 Å². The van der Waals surface area contributed by atoms with Gasteiger partial charge in [0.15, 0.2) is 0 Å². The quantitative estimate of drug-likeness (QED) is 0.796. The molecule has 0 aliphatic heterocycles. The van der Waals surface area contributed by atoms with Crippen molar-refractivity contribution >= 4 is 39.1 Å². The van der Waals surface area contributed by atoms with Crippen LogP contribution in [0.15, 0.2) is 9.85 Å². The van der Waals surface area contributed by atoms with Gasteiger partial charge in [0.1, 0.15) is 11.4 Å². The van der Waals surface area contributed by atoms with Crippen molar-refractivity contribution in [2.45, 2.75) is 26.8 Å². The van der Waals surface area contributed by atoms with E-state index in [2.05, 4.69) is 20.7 Å². The molecule has 4 nitrogen and oxygen atoms in total. The average molecular weight is 334 g/mol. The maximum absolute atomic E-state index is 12.4. The summed E-state index contributed by atoms with van der Waals surface area (Å²) in [4.78, 5) is 25.8. The highest BCUT2D eigenvalue weighted by Gasteiger charge is 2.25. The van der Waals surface area contributed by atoms with Gasteiger partial charge in [0.25, 0.3) is 5.91 Å². The van der Waals surface area contributed by atoms with Crippen LogP contribution in [0.4, 0.5) is 0 Å². The van der Waals surface area contributed by atoms with Crippen LogP contribution in [0, 0.1) is 6.92 Å². The molecule has 0 aliphatic rings. The van der Waals surface area contributed by atoms with E-state index in [0.717, 1.165) is 10.0 Å². The maximum atomic E-state index is 12.4. The molecule has 0 aromatic carbocycles. The summed E-state index contributed by atoms with van der Waals surface area (Å²) in [5, 5.41) is 1.91. The highest BCUT2D eigenvalue weighted by atomic mass is 79.9. The topological polar surface area (TPSA) is 46.6 Å². The van der Waals surface area contributed by atoms with Crippen molar-refractivity contribution in [3.63, 3.8) is 0 Å². The number of carbonyl (C=O) groups excluding carboxylic acids is 2. The summed E-state index contributed by atoms with van der Waals surface area (Å²) in [6, 6.07) is -0.0640. The summed E-state index contributed by atoms with van der Waals surface area (Å²) in [7, 11) is 1.32. The zero-order chi connectivity index (χ0) is 13.9. The number of amides is 1. The van der Waals surface area contributed by atoms with E-state index < -0.39 is 5.97 Å². The van der Waals surface area contributed by atoms with E-state index in [4.69, 9.17) is 0 Å². The number of carbonyl (C=O) groups is 2. The van der Waals surface area contributed by atoms with Gasteiger partial charge >= 0.3 is 5.97 Å². The van der Waals surface area contributed by atoms with Crippen LogP contribution in [0.1, 0.15) is 29.1 Å². The van der Waals surface area contributed by atoms with Crippen molar-refractivity contribution in [3.8, 4) is 0 Å². The lowest BCUT2D eigenvalue weighted by Crippen LogP contribution is -2.40. The summed E-state index contributed by atoms with van der Waals surface area (Å²) in [5.74, 6) is -0.568. The average Bonchev–Trinajstić information content (AvgIpc) is 2.65. The molecule has 0 bridgehead atoms. The second-order valence-electron chi connectivity index (χ2n) is 4.16. The fraction of sp³-hybridized carbons (Fsp3) is 0.500. The molecule has 0 fully saturated rings. The second kappa shape index (κ2) is 6.33. The molecule has 0 unspecified atom stereocenters. The standard InChI is InChI=1S/C12H16BrNO3S/c1-7(2)14(5-9(15)17-4)12(16)11-10(13)8(3)6-18-11/h6-7H,5H2,1-4H3. The Morgan fingerprint density at radius 2 is 2.11 bits per heavy atom. The zero-order valence-electron chi connectivity index (χ0n) is 10.8. The number of esters is 1. The molecule has 1 heterocycles. The van der Waals surface area contributed by atoms with Gasteiger partial charge < -0.3 is 9.64 Å². The number of nitrogens with zero attached hydrogens (tertiary/aromatic N) is 1. The van der Waals surface area contributed by atoms with Gasteiger partial charge in [0.2, 0.25) is 0 Å². The van der Waals surface area contributed by atoms with Gasteiger partial charge in [-0.3, -0.25) is 9.59 Å². The molecule has 0 spiro atoms. The molecule has 1 rings (SSSR count). The highest BCUT2D eigenvalue weighted by molar-refractivity contribution is 9.10.